The van der Waals surface area contributed by atoms with Crippen molar-refractivity contribution in [1.29, 1.82) is 0 Å². The first-order valence-corrected chi connectivity index (χ1v) is 11.3. The lowest BCUT2D eigenvalue weighted by atomic mass is 9.87. The summed E-state index contributed by atoms with van der Waals surface area (Å²) in [7, 11) is 0. The molecular formula is C25H25F4N3O3. The topological polar surface area (TPSA) is 75.4 Å². The van der Waals surface area contributed by atoms with Crippen molar-refractivity contribution in [2.24, 2.45) is 5.41 Å². The molecule has 1 N–H and O–H groups in total. The maximum atomic E-state index is 14.4. The van der Waals surface area contributed by atoms with Gasteiger partial charge in [0, 0.05) is 35.8 Å². The monoisotopic (exact) mass is 491 g/mol. The maximum Gasteiger partial charge on any atom is 0.309 e. The average molecular weight is 491 g/mol. The van der Waals surface area contributed by atoms with E-state index in [0.29, 0.717) is 43.2 Å². The first-order chi connectivity index (χ1) is 16.5. The minimum absolute atomic E-state index is 0.147. The van der Waals surface area contributed by atoms with Gasteiger partial charge >= 0.3 is 5.97 Å². The van der Waals surface area contributed by atoms with E-state index in [9.17, 15) is 32.3 Å². The van der Waals surface area contributed by atoms with E-state index in [1.54, 1.807) is 35.6 Å². The summed E-state index contributed by atoms with van der Waals surface area (Å²) >= 11 is 0. The van der Waals surface area contributed by atoms with E-state index in [-0.39, 0.29) is 31.0 Å². The molecule has 2 aromatic heterocycles. The van der Waals surface area contributed by atoms with Crippen LogP contribution in [-0.4, -0.2) is 38.0 Å². The molecule has 3 aromatic rings. The SMILES string of the molecule is CC(C)(CCCC(=O)N1CCc2c(n(Cc3cc(F)c(F)c(F)c3F)c3ncccc23)C1)C(=O)O. The summed E-state index contributed by atoms with van der Waals surface area (Å²) < 4.78 is 57.2. The summed E-state index contributed by atoms with van der Waals surface area (Å²) in [5.41, 5.74) is 0.740. The highest BCUT2D eigenvalue weighted by molar-refractivity contribution is 5.84. The van der Waals surface area contributed by atoms with Gasteiger partial charge in [-0.05, 0) is 56.9 Å². The normalized spacial score (nSPS) is 13.8. The number of nitrogens with zero attached hydrogens (tertiary/aromatic N) is 3. The van der Waals surface area contributed by atoms with Crippen molar-refractivity contribution in [3.8, 4) is 0 Å². The van der Waals surface area contributed by atoms with Crippen LogP contribution in [0.15, 0.2) is 24.4 Å². The fourth-order valence-corrected chi connectivity index (χ4v) is 4.50. The Labute approximate surface area is 199 Å². The highest BCUT2D eigenvalue weighted by Crippen LogP contribution is 2.32. The number of aromatic nitrogens is 2. The van der Waals surface area contributed by atoms with E-state index >= 15 is 0 Å². The molecule has 0 aliphatic carbocycles. The summed E-state index contributed by atoms with van der Waals surface area (Å²) in [5, 5.41) is 10.0. The Kier molecular flexibility index (Phi) is 6.57. The van der Waals surface area contributed by atoms with Crippen LogP contribution in [0.3, 0.4) is 0 Å². The number of carboxylic acids is 1. The van der Waals surface area contributed by atoms with Gasteiger partial charge in [0.25, 0.3) is 0 Å². The fraction of sp³-hybridized carbons (Fsp3) is 0.400. The molecule has 10 heteroatoms. The number of amides is 1. The van der Waals surface area contributed by atoms with Crippen molar-refractivity contribution in [3.63, 3.8) is 0 Å². The Bertz CT molecular complexity index is 1320. The molecule has 186 valence electrons. The molecule has 1 amide bonds. The van der Waals surface area contributed by atoms with Crippen molar-refractivity contribution < 1.29 is 32.3 Å². The lowest BCUT2D eigenvalue weighted by Gasteiger charge is -2.29. The third-order valence-corrected chi connectivity index (χ3v) is 6.64. The number of benzene rings is 1. The van der Waals surface area contributed by atoms with Crippen molar-refractivity contribution >= 4 is 22.9 Å². The second kappa shape index (κ2) is 9.31. The van der Waals surface area contributed by atoms with Gasteiger partial charge in [0.05, 0.1) is 18.5 Å². The molecule has 4 rings (SSSR count). The Morgan fingerprint density at radius 3 is 2.60 bits per heavy atom. The molecule has 0 unspecified atom stereocenters. The number of carboxylic acid groups (broad SMARTS) is 1. The number of halogens is 4. The van der Waals surface area contributed by atoms with Gasteiger partial charge in [0.1, 0.15) is 5.65 Å². The Hall–Kier alpha value is -3.43. The van der Waals surface area contributed by atoms with Crippen LogP contribution < -0.4 is 0 Å². The van der Waals surface area contributed by atoms with Gasteiger partial charge < -0.3 is 14.6 Å². The summed E-state index contributed by atoms with van der Waals surface area (Å²) in [4.78, 5) is 30.2. The van der Waals surface area contributed by atoms with Crippen LogP contribution in [0.2, 0.25) is 0 Å². The predicted molar refractivity (Wildman–Crippen MR) is 119 cm³/mol. The first-order valence-electron chi connectivity index (χ1n) is 11.3. The molecule has 0 bridgehead atoms. The number of aliphatic carboxylic acids is 1. The number of fused-ring (bicyclic) bond motifs is 3. The molecule has 0 fully saturated rings. The molecule has 0 spiro atoms. The molecular weight excluding hydrogens is 466 g/mol. The smallest absolute Gasteiger partial charge is 0.309 e. The van der Waals surface area contributed by atoms with Crippen LogP contribution in [-0.2, 0) is 29.1 Å². The average Bonchev–Trinajstić information content (AvgIpc) is 3.13. The predicted octanol–water partition coefficient (Wildman–Crippen LogP) is 4.81. The molecule has 0 saturated carbocycles. The van der Waals surface area contributed by atoms with E-state index in [2.05, 4.69) is 4.98 Å². The Morgan fingerprint density at radius 2 is 1.89 bits per heavy atom. The van der Waals surface area contributed by atoms with Crippen molar-refractivity contribution in [3.05, 3.63) is 64.5 Å². The molecule has 35 heavy (non-hydrogen) atoms. The third kappa shape index (κ3) is 4.61. The summed E-state index contributed by atoms with van der Waals surface area (Å²) in [6.07, 6.45) is 2.97. The van der Waals surface area contributed by atoms with Crippen LogP contribution in [0.25, 0.3) is 11.0 Å². The van der Waals surface area contributed by atoms with Crippen LogP contribution in [0, 0.1) is 28.7 Å². The minimum Gasteiger partial charge on any atom is -0.481 e. The number of carbonyl (C=O) groups is 2. The van der Waals surface area contributed by atoms with Crippen LogP contribution in [0.5, 0.6) is 0 Å². The number of carbonyl (C=O) groups excluding carboxylic acids is 1. The van der Waals surface area contributed by atoms with Gasteiger partial charge in [0.2, 0.25) is 5.91 Å². The zero-order valence-corrected chi connectivity index (χ0v) is 19.4. The highest BCUT2D eigenvalue weighted by Gasteiger charge is 2.30. The molecule has 0 radical (unpaired) electrons. The lowest BCUT2D eigenvalue weighted by molar-refractivity contribution is -0.147. The number of hydrogen-bond donors (Lipinski definition) is 1. The number of hydrogen-bond acceptors (Lipinski definition) is 3. The van der Waals surface area contributed by atoms with E-state index < -0.39 is 34.7 Å². The summed E-state index contributed by atoms with van der Waals surface area (Å²) in [6.45, 7) is 3.55. The van der Waals surface area contributed by atoms with Gasteiger partial charge in [-0.1, -0.05) is 0 Å². The fourth-order valence-electron chi connectivity index (χ4n) is 4.50. The molecule has 6 nitrogen and oxygen atoms in total. The second-order valence-electron chi connectivity index (χ2n) is 9.45. The van der Waals surface area contributed by atoms with Crippen molar-refractivity contribution in [1.82, 2.24) is 14.5 Å². The minimum atomic E-state index is -1.88. The van der Waals surface area contributed by atoms with Gasteiger partial charge in [-0.3, -0.25) is 9.59 Å². The lowest BCUT2D eigenvalue weighted by Crippen LogP contribution is -2.37. The standard InChI is InChI=1S/C25H25F4N3O3/c1-25(2,24(34)35)8-3-6-19(33)31-10-7-15-16-5-4-9-30-23(16)32(18(15)13-31)12-14-11-17(26)21(28)22(29)20(14)27/h4-5,9,11H,3,6-8,10,12-13H2,1-2H3,(H,34,35). The molecule has 3 heterocycles. The zero-order chi connectivity index (χ0) is 25.5. The third-order valence-electron chi connectivity index (χ3n) is 6.64. The van der Waals surface area contributed by atoms with Crippen LogP contribution >= 0.6 is 0 Å². The van der Waals surface area contributed by atoms with Gasteiger partial charge in [-0.25, -0.2) is 22.5 Å². The van der Waals surface area contributed by atoms with Crippen LogP contribution in [0.1, 0.15) is 49.9 Å². The maximum absolute atomic E-state index is 14.4. The number of pyridine rings is 1. The van der Waals surface area contributed by atoms with Gasteiger partial charge in [0.15, 0.2) is 23.3 Å². The van der Waals surface area contributed by atoms with E-state index in [1.165, 1.54) is 0 Å². The van der Waals surface area contributed by atoms with Crippen molar-refractivity contribution in [2.75, 3.05) is 6.54 Å². The molecule has 0 saturated heterocycles. The summed E-state index contributed by atoms with van der Waals surface area (Å²) in [6, 6.07) is 4.21. The Balaban J connectivity index is 1.62. The molecule has 1 aliphatic heterocycles. The highest BCUT2D eigenvalue weighted by atomic mass is 19.2. The van der Waals surface area contributed by atoms with E-state index in [4.69, 9.17) is 0 Å². The molecule has 1 aliphatic rings. The molecule has 0 atom stereocenters. The Morgan fingerprint density at radius 1 is 1.14 bits per heavy atom. The van der Waals surface area contributed by atoms with E-state index in [1.807, 2.05) is 6.07 Å². The summed E-state index contributed by atoms with van der Waals surface area (Å²) in [5.74, 6) is -7.78. The second-order valence-corrected chi connectivity index (χ2v) is 9.45. The van der Waals surface area contributed by atoms with Crippen molar-refractivity contribution in [2.45, 2.75) is 52.6 Å². The zero-order valence-electron chi connectivity index (χ0n) is 19.4. The van der Waals surface area contributed by atoms with E-state index in [0.717, 1.165) is 10.9 Å². The van der Waals surface area contributed by atoms with Gasteiger partial charge in [-0.2, -0.15) is 0 Å². The quantitative estimate of drug-likeness (QED) is 0.293. The van der Waals surface area contributed by atoms with Gasteiger partial charge in [-0.15, -0.1) is 0 Å². The first kappa shape index (κ1) is 24.7. The van der Waals surface area contributed by atoms with Crippen LogP contribution in [0.4, 0.5) is 17.6 Å². The number of rotatable bonds is 7. The largest absolute Gasteiger partial charge is 0.481 e. The molecule has 1 aromatic carbocycles.